The van der Waals surface area contributed by atoms with Crippen LogP contribution in [0.25, 0.3) is 0 Å². The highest BCUT2D eigenvalue weighted by atomic mass is 35.5. The largest absolute Gasteiger partial charge is 0.497 e. The Kier molecular flexibility index (Phi) is 8.41. The average molecular weight is 559 g/mol. The summed E-state index contributed by atoms with van der Waals surface area (Å²) in [6.45, 7) is -0.187. The second-order valence-corrected chi connectivity index (χ2v) is 8.65. The van der Waals surface area contributed by atoms with Crippen LogP contribution in [0.2, 0.25) is 5.02 Å². The lowest BCUT2D eigenvalue weighted by Crippen LogP contribution is -2.48. The fourth-order valence-corrected chi connectivity index (χ4v) is 3.92. The van der Waals surface area contributed by atoms with Gasteiger partial charge in [-0.2, -0.15) is 23.4 Å². The molecule has 39 heavy (non-hydrogen) atoms. The number of anilines is 1. The first-order valence-corrected chi connectivity index (χ1v) is 11.8. The molecule has 1 aliphatic heterocycles. The summed E-state index contributed by atoms with van der Waals surface area (Å²) in [4.78, 5) is 13.3. The maximum absolute atomic E-state index is 14.3. The summed E-state index contributed by atoms with van der Waals surface area (Å²) in [6, 6.07) is 10.8. The summed E-state index contributed by atoms with van der Waals surface area (Å²) in [5.41, 5.74) is 1.23. The van der Waals surface area contributed by atoms with Gasteiger partial charge < -0.3 is 24.4 Å². The Morgan fingerprint density at radius 1 is 1.15 bits per heavy atom. The molecule has 1 aromatic heterocycles. The standard InChI is InChI=1S/C26H22ClF3N6O3/c1-32-25-34-11-18(24(35-25)38-14-16-3-5-20(37-2)6-4-16)13-36-15-33-12-22(23(36)26(28,29)30)39-21-8-17(10-31)7-19(27)9-21/h3-9,11-12,15,23H,13-14H2,1-2H3,(H,32,34,35). The fraction of sp³-hybridized carbons (Fsp3) is 0.231. The van der Waals surface area contributed by atoms with Crippen LogP contribution in [0.1, 0.15) is 16.7 Å². The number of benzene rings is 2. The first-order valence-electron chi connectivity index (χ1n) is 11.4. The maximum Gasteiger partial charge on any atom is 0.416 e. The number of rotatable bonds is 9. The SMILES string of the molecule is CNc1ncc(CN2C=NC=C(Oc3cc(Cl)cc(C#N)c3)C2C(F)(F)F)c(OCc2ccc(OC)cc2)n1. The Labute approximate surface area is 227 Å². The number of halogens is 4. The van der Waals surface area contributed by atoms with Gasteiger partial charge in [0.2, 0.25) is 11.8 Å². The smallest absolute Gasteiger partial charge is 0.416 e. The quantitative estimate of drug-likeness (QED) is 0.376. The van der Waals surface area contributed by atoms with E-state index in [2.05, 4.69) is 20.3 Å². The number of hydrogen-bond donors (Lipinski definition) is 1. The van der Waals surface area contributed by atoms with Crippen LogP contribution in [0.5, 0.6) is 17.4 Å². The van der Waals surface area contributed by atoms with E-state index >= 15 is 0 Å². The van der Waals surface area contributed by atoms with Crippen molar-refractivity contribution in [3.8, 4) is 23.4 Å². The summed E-state index contributed by atoms with van der Waals surface area (Å²) in [6.07, 6.45) is -1.32. The van der Waals surface area contributed by atoms with Crippen LogP contribution in [0.15, 0.2) is 65.6 Å². The molecule has 2 aromatic carbocycles. The lowest BCUT2D eigenvalue weighted by Gasteiger charge is -2.34. The first kappa shape index (κ1) is 27.5. The van der Waals surface area contributed by atoms with Crippen molar-refractivity contribution in [3.05, 3.63) is 82.3 Å². The summed E-state index contributed by atoms with van der Waals surface area (Å²) >= 11 is 5.99. The monoisotopic (exact) mass is 558 g/mol. The zero-order chi connectivity index (χ0) is 28.0. The van der Waals surface area contributed by atoms with Gasteiger partial charge in [0.25, 0.3) is 0 Å². The van der Waals surface area contributed by atoms with E-state index in [1.165, 1.54) is 24.4 Å². The van der Waals surface area contributed by atoms with Gasteiger partial charge in [-0.3, -0.25) is 0 Å². The van der Waals surface area contributed by atoms with Crippen LogP contribution in [0.4, 0.5) is 19.1 Å². The second kappa shape index (κ2) is 11.9. The Morgan fingerprint density at radius 2 is 1.92 bits per heavy atom. The molecule has 0 saturated carbocycles. The molecule has 0 fully saturated rings. The number of nitriles is 1. The Morgan fingerprint density at radius 3 is 2.59 bits per heavy atom. The molecule has 13 heteroatoms. The van der Waals surface area contributed by atoms with Crippen molar-refractivity contribution in [1.29, 1.82) is 5.26 Å². The van der Waals surface area contributed by atoms with E-state index < -0.39 is 18.0 Å². The summed E-state index contributed by atoms with van der Waals surface area (Å²) in [5, 5.41) is 12.1. The van der Waals surface area contributed by atoms with Gasteiger partial charge >= 0.3 is 6.18 Å². The Hall–Kier alpha value is -4.50. The summed E-state index contributed by atoms with van der Waals surface area (Å²) in [7, 11) is 3.17. The number of aromatic nitrogens is 2. The highest BCUT2D eigenvalue weighted by Gasteiger charge is 2.48. The van der Waals surface area contributed by atoms with Gasteiger partial charge in [0.15, 0.2) is 11.8 Å². The van der Waals surface area contributed by atoms with Crippen molar-refractivity contribution in [1.82, 2.24) is 14.9 Å². The van der Waals surface area contributed by atoms with Crippen LogP contribution in [0.3, 0.4) is 0 Å². The van der Waals surface area contributed by atoms with Crippen molar-refractivity contribution in [2.45, 2.75) is 25.4 Å². The van der Waals surface area contributed by atoms with E-state index in [4.69, 9.17) is 31.1 Å². The molecule has 0 bridgehead atoms. The van der Waals surface area contributed by atoms with Gasteiger partial charge in [-0.15, -0.1) is 0 Å². The minimum Gasteiger partial charge on any atom is -0.497 e. The predicted molar refractivity (Wildman–Crippen MR) is 138 cm³/mol. The molecule has 4 rings (SSSR count). The van der Waals surface area contributed by atoms with Crippen LogP contribution >= 0.6 is 11.6 Å². The lowest BCUT2D eigenvalue weighted by atomic mass is 10.1. The minimum atomic E-state index is -4.75. The second-order valence-electron chi connectivity index (χ2n) is 8.21. The van der Waals surface area contributed by atoms with Crippen molar-refractivity contribution in [2.75, 3.05) is 19.5 Å². The Bertz CT molecular complexity index is 1420. The minimum absolute atomic E-state index is 0.0261. The Balaban J connectivity index is 1.59. The molecule has 3 aromatic rings. The van der Waals surface area contributed by atoms with Gasteiger partial charge in [0.05, 0.1) is 43.4 Å². The van der Waals surface area contributed by atoms with E-state index in [-0.39, 0.29) is 41.3 Å². The predicted octanol–water partition coefficient (Wildman–Crippen LogP) is 5.33. The number of alkyl halides is 3. The summed E-state index contributed by atoms with van der Waals surface area (Å²) < 4.78 is 59.6. The molecule has 0 amide bonds. The highest BCUT2D eigenvalue weighted by Crippen LogP contribution is 2.35. The molecule has 1 atom stereocenters. The van der Waals surface area contributed by atoms with Crippen LogP contribution in [-0.2, 0) is 13.2 Å². The van der Waals surface area contributed by atoms with Crippen molar-refractivity contribution >= 4 is 23.9 Å². The topological polar surface area (TPSA) is 105 Å². The number of methoxy groups -OCH3 is 1. The molecule has 0 radical (unpaired) electrons. The third-order valence-electron chi connectivity index (χ3n) is 5.50. The van der Waals surface area contributed by atoms with Gasteiger partial charge in [-0.05, 0) is 35.9 Å². The van der Waals surface area contributed by atoms with Gasteiger partial charge in [-0.25, -0.2) is 9.98 Å². The van der Waals surface area contributed by atoms with Crippen molar-refractivity contribution < 1.29 is 27.4 Å². The van der Waals surface area contributed by atoms with E-state index in [9.17, 15) is 13.2 Å². The van der Waals surface area contributed by atoms with Gasteiger partial charge in [-0.1, -0.05) is 23.7 Å². The molecule has 1 aliphatic rings. The van der Waals surface area contributed by atoms with E-state index in [0.717, 1.165) is 23.0 Å². The van der Waals surface area contributed by atoms with E-state index in [1.54, 1.807) is 38.4 Å². The van der Waals surface area contributed by atoms with Crippen LogP contribution < -0.4 is 19.5 Å². The molecular weight excluding hydrogens is 537 g/mol. The number of nitrogens with one attached hydrogen (secondary N) is 1. The number of aliphatic imine (C=N–C) groups is 1. The molecule has 1 N–H and O–H groups in total. The molecule has 202 valence electrons. The third-order valence-corrected chi connectivity index (χ3v) is 5.72. The van der Waals surface area contributed by atoms with E-state index in [0.29, 0.717) is 11.3 Å². The molecule has 0 aliphatic carbocycles. The van der Waals surface area contributed by atoms with Crippen LogP contribution in [0, 0.1) is 11.3 Å². The highest BCUT2D eigenvalue weighted by molar-refractivity contribution is 6.30. The number of hydrogen-bond acceptors (Lipinski definition) is 9. The van der Waals surface area contributed by atoms with E-state index in [1.807, 2.05) is 6.07 Å². The van der Waals surface area contributed by atoms with Crippen molar-refractivity contribution in [3.63, 3.8) is 0 Å². The summed E-state index contributed by atoms with van der Waals surface area (Å²) in [5.74, 6) is 0.493. The number of nitrogens with zero attached hydrogens (tertiary/aromatic N) is 5. The fourth-order valence-electron chi connectivity index (χ4n) is 3.69. The molecule has 9 nitrogen and oxygen atoms in total. The average Bonchev–Trinajstić information content (AvgIpc) is 2.91. The van der Waals surface area contributed by atoms with Crippen molar-refractivity contribution in [2.24, 2.45) is 4.99 Å². The zero-order valence-electron chi connectivity index (χ0n) is 20.7. The third kappa shape index (κ3) is 6.88. The lowest BCUT2D eigenvalue weighted by molar-refractivity contribution is -0.170. The number of ether oxygens (including phenoxy) is 3. The molecule has 0 saturated heterocycles. The zero-order valence-corrected chi connectivity index (χ0v) is 21.5. The normalized spacial score (nSPS) is 14.8. The molecular formula is C26H22ClF3N6O3. The first-order chi connectivity index (χ1) is 18.7. The van der Waals surface area contributed by atoms with Crippen LogP contribution in [-0.4, -0.2) is 47.6 Å². The van der Waals surface area contributed by atoms with Gasteiger partial charge in [0.1, 0.15) is 18.1 Å². The molecule has 0 spiro atoms. The molecule has 1 unspecified atom stereocenters. The van der Waals surface area contributed by atoms with Gasteiger partial charge in [0, 0.05) is 18.3 Å². The molecule has 2 heterocycles. The maximum atomic E-state index is 14.3.